The lowest BCUT2D eigenvalue weighted by atomic mass is 9.71. The molecule has 1 aromatic carbocycles. The van der Waals surface area contributed by atoms with Gasteiger partial charge in [0.05, 0.1) is 0 Å². The fourth-order valence-corrected chi connectivity index (χ4v) is 3.05. The molecule has 0 aliphatic heterocycles. The van der Waals surface area contributed by atoms with Gasteiger partial charge in [0.1, 0.15) is 5.60 Å². The molecule has 19 heavy (non-hydrogen) atoms. The topological polar surface area (TPSA) is 59.1 Å². The van der Waals surface area contributed by atoms with E-state index in [9.17, 15) is 5.11 Å². The highest BCUT2D eigenvalue weighted by Gasteiger charge is 2.39. The summed E-state index contributed by atoms with van der Waals surface area (Å²) in [5.74, 6) is 0.467. The standard InChI is InChI=1S/C16H18N2O/c1-11-6-8-16(19,13-5-3-2-4-12(11)13)14-10-18-9-7-15(14)17/h2-5,7,9-11,19H,6,8H2,1H3,(H2,17,18). The Kier molecular flexibility index (Phi) is 2.79. The van der Waals surface area contributed by atoms with Crippen LogP contribution < -0.4 is 5.73 Å². The number of nitrogens with two attached hydrogens (primary N) is 1. The van der Waals surface area contributed by atoms with Crippen LogP contribution in [-0.4, -0.2) is 10.1 Å². The van der Waals surface area contributed by atoms with Crippen molar-refractivity contribution < 1.29 is 5.11 Å². The minimum Gasteiger partial charge on any atom is -0.398 e. The Morgan fingerprint density at radius 3 is 2.84 bits per heavy atom. The minimum atomic E-state index is -1.01. The van der Waals surface area contributed by atoms with Crippen LogP contribution in [0, 0.1) is 0 Å². The number of nitrogens with zero attached hydrogens (tertiary/aromatic N) is 1. The van der Waals surface area contributed by atoms with Crippen LogP contribution in [0.2, 0.25) is 0 Å². The number of hydrogen-bond donors (Lipinski definition) is 2. The van der Waals surface area contributed by atoms with Crippen molar-refractivity contribution >= 4 is 5.69 Å². The van der Waals surface area contributed by atoms with Crippen molar-refractivity contribution in [3.63, 3.8) is 0 Å². The van der Waals surface area contributed by atoms with Gasteiger partial charge in [0.15, 0.2) is 0 Å². The van der Waals surface area contributed by atoms with Crippen LogP contribution in [0.15, 0.2) is 42.7 Å². The van der Waals surface area contributed by atoms with Gasteiger partial charge in [-0.25, -0.2) is 0 Å². The van der Waals surface area contributed by atoms with Crippen LogP contribution in [0.25, 0.3) is 0 Å². The number of nitrogen functional groups attached to an aromatic ring is 1. The van der Waals surface area contributed by atoms with Gasteiger partial charge in [0.25, 0.3) is 0 Å². The van der Waals surface area contributed by atoms with E-state index in [4.69, 9.17) is 5.73 Å². The molecule has 3 N–H and O–H groups in total. The molecule has 3 nitrogen and oxygen atoms in total. The summed E-state index contributed by atoms with van der Waals surface area (Å²) in [6.07, 6.45) is 4.96. The molecule has 0 saturated heterocycles. The molecule has 1 heterocycles. The van der Waals surface area contributed by atoms with E-state index in [0.717, 1.165) is 12.0 Å². The Balaban J connectivity index is 2.21. The Labute approximate surface area is 113 Å². The van der Waals surface area contributed by atoms with Crippen LogP contribution in [-0.2, 0) is 5.60 Å². The van der Waals surface area contributed by atoms with Gasteiger partial charge in [-0.1, -0.05) is 31.2 Å². The molecule has 3 heteroatoms. The summed E-state index contributed by atoms with van der Waals surface area (Å²) in [6.45, 7) is 2.20. The van der Waals surface area contributed by atoms with E-state index in [1.165, 1.54) is 5.56 Å². The number of hydrogen-bond acceptors (Lipinski definition) is 3. The summed E-state index contributed by atoms with van der Waals surface area (Å²) in [5, 5.41) is 11.2. The van der Waals surface area contributed by atoms with Crippen LogP contribution in [0.5, 0.6) is 0 Å². The van der Waals surface area contributed by atoms with Crippen molar-refractivity contribution in [3.05, 3.63) is 59.4 Å². The average Bonchev–Trinajstić information content (AvgIpc) is 2.44. The summed E-state index contributed by atoms with van der Waals surface area (Å²) in [5.41, 5.74) is 8.51. The van der Waals surface area contributed by atoms with E-state index in [0.29, 0.717) is 23.6 Å². The van der Waals surface area contributed by atoms with Gasteiger partial charge in [-0.15, -0.1) is 0 Å². The number of fused-ring (bicyclic) bond motifs is 1. The molecule has 3 rings (SSSR count). The zero-order valence-corrected chi connectivity index (χ0v) is 11.0. The smallest absolute Gasteiger partial charge is 0.118 e. The van der Waals surface area contributed by atoms with Gasteiger partial charge in [-0.3, -0.25) is 4.98 Å². The molecule has 0 fully saturated rings. The average molecular weight is 254 g/mol. The zero-order chi connectivity index (χ0) is 13.5. The maximum atomic E-state index is 11.2. The van der Waals surface area contributed by atoms with Gasteiger partial charge < -0.3 is 10.8 Å². The van der Waals surface area contributed by atoms with Crippen molar-refractivity contribution in [1.29, 1.82) is 0 Å². The molecule has 2 atom stereocenters. The number of aliphatic hydroxyl groups is 1. The largest absolute Gasteiger partial charge is 0.398 e. The first kappa shape index (κ1) is 12.2. The van der Waals surface area contributed by atoms with Gasteiger partial charge >= 0.3 is 0 Å². The maximum absolute atomic E-state index is 11.2. The van der Waals surface area contributed by atoms with Crippen molar-refractivity contribution in [2.45, 2.75) is 31.3 Å². The van der Waals surface area contributed by atoms with Crippen molar-refractivity contribution in [1.82, 2.24) is 4.98 Å². The summed E-state index contributed by atoms with van der Waals surface area (Å²) < 4.78 is 0. The molecular formula is C16H18N2O. The SMILES string of the molecule is CC1CCC(O)(c2cnccc2N)c2ccccc21. The Morgan fingerprint density at radius 1 is 1.26 bits per heavy atom. The highest BCUT2D eigenvalue weighted by Crippen LogP contribution is 2.46. The highest BCUT2D eigenvalue weighted by atomic mass is 16.3. The summed E-state index contributed by atoms with van der Waals surface area (Å²) in [6, 6.07) is 9.82. The van der Waals surface area contributed by atoms with E-state index < -0.39 is 5.60 Å². The second kappa shape index (κ2) is 4.35. The maximum Gasteiger partial charge on any atom is 0.118 e. The monoisotopic (exact) mass is 254 g/mol. The predicted molar refractivity (Wildman–Crippen MR) is 75.7 cm³/mol. The van der Waals surface area contributed by atoms with Gasteiger partial charge in [0, 0.05) is 23.6 Å². The lowest BCUT2D eigenvalue weighted by molar-refractivity contribution is 0.0583. The molecule has 0 amide bonds. The molecule has 98 valence electrons. The van der Waals surface area contributed by atoms with Crippen molar-refractivity contribution in [2.24, 2.45) is 0 Å². The first-order valence-corrected chi connectivity index (χ1v) is 6.64. The Hall–Kier alpha value is -1.87. The number of aromatic nitrogens is 1. The lowest BCUT2D eigenvalue weighted by Gasteiger charge is -2.38. The quantitative estimate of drug-likeness (QED) is 0.822. The molecule has 0 saturated carbocycles. The van der Waals surface area contributed by atoms with Gasteiger partial charge in [-0.05, 0) is 36.0 Å². The number of rotatable bonds is 1. The molecule has 2 unspecified atom stereocenters. The van der Waals surface area contributed by atoms with E-state index in [2.05, 4.69) is 18.0 Å². The van der Waals surface area contributed by atoms with Gasteiger partial charge in [-0.2, -0.15) is 0 Å². The number of anilines is 1. The number of pyridine rings is 1. The first-order valence-electron chi connectivity index (χ1n) is 6.64. The Morgan fingerprint density at radius 2 is 2.05 bits per heavy atom. The van der Waals surface area contributed by atoms with E-state index in [-0.39, 0.29) is 0 Å². The zero-order valence-electron chi connectivity index (χ0n) is 11.0. The van der Waals surface area contributed by atoms with Crippen LogP contribution >= 0.6 is 0 Å². The lowest BCUT2D eigenvalue weighted by Crippen LogP contribution is -2.33. The minimum absolute atomic E-state index is 0.467. The number of benzene rings is 1. The molecule has 2 aromatic rings. The van der Waals surface area contributed by atoms with Crippen LogP contribution in [0.1, 0.15) is 42.4 Å². The summed E-state index contributed by atoms with van der Waals surface area (Å²) in [4.78, 5) is 4.12. The van der Waals surface area contributed by atoms with Crippen molar-refractivity contribution in [2.75, 3.05) is 5.73 Å². The molecular weight excluding hydrogens is 236 g/mol. The fourth-order valence-electron chi connectivity index (χ4n) is 3.05. The molecule has 0 spiro atoms. The van der Waals surface area contributed by atoms with Gasteiger partial charge in [0.2, 0.25) is 0 Å². The molecule has 1 aromatic heterocycles. The molecule has 0 bridgehead atoms. The summed E-state index contributed by atoms with van der Waals surface area (Å²) in [7, 11) is 0. The van der Waals surface area contributed by atoms with E-state index >= 15 is 0 Å². The normalized spacial score (nSPS) is 25.9. The predicted octanol–water partition coefficient (Wildman–Crippen LogP) is 2.80. The van der Waals surface area contributed by atoms with Crippen LogP contribution in [0.4, 0.5) is 5.69 Å². The molecule has 0 radical (unpaired) electrons. The van der Waals surface area contributed by atoms with E-state index in [1.54, 1.807) is 18.5 Å². The third-order valence-corrected chi connectivity index (χ3v) is 4.18. The summed E-state index contributed by atoms with van der Waals surface area (Å²) >= 11 is 0. The fraction of sp³-hybridized carbons (Fsp3) is 0.312. The second-order valence-corrected chi connectivity index (χ2v) is 5.35. The molecule has 1 aliphatic rings. The van der Waals surface area contributed by atoms with Crippen LogP contribution in [0.3, 0.4) is 0 Å². The van der Waals surface area contributed by atoms with Crippen molar-refractivity contribution in [3.8, 4) is 0 Å². The highest BCUT2D eigenvalue weighted by molar-refractivity contribution is 5.54. The Bertz CT molecular complexity index is 611. The first-order chi connectivity index (χ1) is 9.13. The third kappa shape index (κ3) is 1.81. The third-order valence-electron chi connectivity index (χ3n) is 4.18. The van der Waals surface area contributed by atoms with E-state index in [1.807, 2.05) is 18.2 Å². The second-order valence-electron chi connectivity index (χ2n) is 5.35. The molecule has 1 aliphatic carbocycles.